The minimum atomic E-state index is -0.101. The number of aromatic nitrogens is 1. The van der Waals surface area contributed by atoms with Crippen LogP contribution in [0.3, 0.4) is 0 Å². The zero-order chi connectivity index (χ0) is 22.7. The Balaban J connectivity index is 1.64. The van der Waals surface area contributed by atoms with Gasteiger partial charge in [-0.1, -0.05) is 54.6 Å². The van der Waals surface area contributed by atoms with Crippen molar-refractivity contribution in [3.05, 3.63) is 89.1 Å². The molecular formula is C26H28N4O2. The second-order valence-electron chi connectivity index (χ2n) is 8.36. The van der Waals surface area contributed by atoms with Crippen LogP contribution in [-0.4, -0.2) is 34.3 Å². The number of nitrogens with zero attached hydrogens (tertiary/aromatic N) is 3. The largest absolute Gasteiger partial charge is 0.359 e. The summed E-state index contributed by atoms with van der Waals surface area (Å²) in [5.74, 6) is 0.469. The van der Waals surface area contributed by atoms with Gasteiger partial charge >= 0.3 is 0 Å². The van der Waals surface area contributed by atoms with Crippen LogP contribution >= 0.6 is 0 Å². The Labute approximate surface area is 188 Å². The number of hydrogen-bond acceptors (Lipinski definition) is 4. The molecule has 0 spiro atoms. The van der Waals surface area contributed by atoms with Gasteiger partial charge in [0.15, 0.2) is 5.82 Å². The molecule has 32 heavy (non-hydrogen) atoms. The Morgan fingerprint density at radius 1 is 1.12 bits per heavy atom. The van der Waals surface area contributed by atoms with Crippen LogP contribution in [-0.2, 0) is 17.9 Å². The second-order valence-corrected chi connectivity index (χ2v) is 8.36. The number of rotatable bonds is 6. The zero-order valence-corrected chi connectivity index (χ0v) is 18.7. The highest BCUT2D eigenvalue weighted by atomic mass is 16.2. The maximum absolute atomic E-state index is 13.5. The molecule has 3 aromatic rings. The van der Waals surface area contributed by atoms with Gasteiger partial charge in [0, 0.05) is 18.8 Å². The van der Waals surface area contributed by atoms with Crippen molar-refractivity contribution >= 4 is 23.3 Å². The topological polar surface area (TPSA) is 65.5 Å². The van der Waals surface area contributed by atoms with Crippen molar-refractivity contribution < 1.29 is 9.59 Å². The lowest BCUT2D eigenvalue weighted by molar-refractivity contribution is -0.117. The van der Waals surface area contributed by atoms with Gasteiger partial charge < -0.3 is 15.1 Å². The van der Waals surface area contributed by atoms with Crippen molar-refractivity contribution in [1.29, 1.82) is 0 Å². The summed E-state index contributed by atoms with van der Waals surface area (Å²) in [5, 5.41) is 3.07. The molecule has 0 atom stereocenters. The van der Waals surface area contributed by atoms with E-state index in [4.69, 9.17) is 0 Å². The van der Waals surface area contributed by atoms with E-state index >= 15 is 0 Å². The van der Waals surface area contributed by atoms with Gasteiger partial charge in [0.1, 0.15) is 0 Å². The fourth-order valence-corrected chi connectivity index (χ4v) is 3.87. The molecule has 2 amide bonds. The Morgan fingerprint density at radius 2 is 1.84 bits per heavy atom. The van der Waals surface area contributed by atoms with E-state index in [2.05, 4.69) is 23.3 Å². The van der Waals surface area contributed by atoms with E-state index in [1.807, 2.05) is 67.3 Å². The number of fused-ring (bicyclic) bond motifs is 1. The maximum Gasteiger partial charge on any atom is 0.256 e. The molecular weight excluding hydrogens is 400 g/mol. The van der Waals surface area contributed by atoms with Crippen LogP contribution in [0, 0.1) is 6.92 Å². The SMILES string of the molecule is Cc1ccccc1CN(C(=O)c1cnc2c(c1)N(Cc1ccccc1)C(=O)CN2)C(C)C. The summed E-state index contributed by atoms with van der Waals surface area (Å²) in [6.07, 6.45) is 1.60. The highest BCUT2D eigenvalue weighted by molar-refractivity contribution is 6.04. The average molecular weight is 429 g/mol. The molecule has 2 heterocycles. The van der Waals surface area contributed by atoms with Gasteiger partial charge in [-0.05, 0) is 43.5 Å². The van der Waals surface area contributed by atoms with Crippen molar-refractivity contribution in [3.63, 3.8) is 0 Å². The van der Waals surface area contributed by atoms with Crippen LogP contribution in [0.25, 0.3) is 0 Å². The molecule has 1 aromatic heterocycles. The van der Waals surface area contributed by atoms with Crippen LogP contribution in [0.15, 0.2) is 66.9 Å². The van der Waals surface area contributed by atoms with E-state index in [0.717, 1.165) is 16.7 Å². The number of pyridine rings is 1. The van der Waals surface area contributed by atoms with Gasteiger partial charge in [0.2, 0.25) is 5.91 Å². The fourth-order valence-electron chi connectivity index (χ4n) is 3.87. The van der Waals surface area contributed by atoms with Crippen LogP contribution in [0.5, 0.6) is 0 Å². The van der Waals surface area contributed by atoms with E-state index in [9.17, 15) is 9.59 Å². The lowest BCUT2D eigenvalue weighted by atomic mass is 10.1. The fraction of sp³-hybridized carbons (Fsp3) is 0.269. The van der Waals surface area contributed by atoms with Crippen LogP contribution in [0.1, 0.15) is 40.9 Å². The molecule has 0 fully saturated rings. The number of benzene rings is 2. The minimum absolute atomic E-state index is 0.0123. The van der Waals surface area contributed by atoms with Crippen LogP contribution in [0.2, 0.25) is 0 Å². The number of carbonyl (C=O) groups is 2. The van der Waals surface area contributed by atoms with Crippen molar-refractivity contribution in [3.8, 4) is 0 Å². The predicted octanol–water partition coefficient (Wildman–Crippen LogP) is 4.40. The summed E-state index contributed by atoms with van der Waals surface area (Å²) in [6.45, 7) is 7.21. The molecule has 0 aliphatic carbocycles. The van der Waals surface area contributed by atoms with Gasteiger partial charge in [0.05, 0.1) is 24.3 Å². The number of hydrogen-bond donors (Lipinski definition) is 1. The summed E-state index contributed by atoms with van der Waals surface area (Å²) >= 11 is 0. The molecule has 0 saturated carbocycles. The first kappa shape index (κ1) is 21.6. The van der Waals surface area contributed by atoms with Gasteiger partial charge in [-0.25, -0.2) is 4.98 Å². The molecule has 4 rings (SSSR count). The standard InChI is InChI=1S/C26H28N4O2/c1-18(2)29(17-21-12-8-7-9-19(21)3)26(32)22-13-23-25(27-14-22)28-15-24(31)30(23)16-20-10-5-4-6-11-20/h4-14,18H,15-17H2,1-3H3,(H,27,28). The van der Waals surface area contributed by atoms with E-state index in [1.165, 1.54) is 0 Å². The van der Waals surface area contributed by atoms with E-state index in [1.54, 1.807) is 17.2 Å². The van der Waals surface area contributed by atoms with Gasteiger partial charge in [-0.15, -0.1) is 0 Å². The molecule has 0 bridgehead atoms. The third kappa shape index (κ3) is 4.49. The Hall–Kier alpha value is -3.67. The Morgan fingerprint density at radius 3 is 2.56 bits per heavy atom. The molecule has 164 valence electrons. The number of carbonyl (C=O) groups excluding carboxylic acids is 2. The van der Waals surface area contributed by atoms with Gasteiger partial charge in [0.25, 0.3) is 5.91 Å². The van der Waals surface area contributed by atoms with Gasteiger partial charge in [-0.3, -0.25) is 9.59 Å². The minimum Gasteiger partial charge on any atom is -0.359 e. The highest BCUT2D eigenvalue weighted by Gasteiger charge is 2.28. The van der Waals surface area contributed by atoms with E-state index in [-0.39, 0.29) is 24.4 Å². The normalized spacial score (nSPS) is 13.0. The molecule has 0 radical (unpaired) electrons. The monoisotopic (exact) mass is 428 g/mol. The first-order valence-corrected chi connectivity index (χ1v) is 10.9. The first-order chi connectivity index (χ1) is 15.4. The smallest absolute Gasteiger partial charge is 0.256 e. The molecule has 1 aliphatic rings. The third-order valence-electron chi connectivity index (χ3n) is 5.78. The molecule has 1 N–H and O–H groups in total. The van der Waals surface area contributed by atoms with Crippen molar-refractivity contribution in [2.24, 2.45) is 0 Å². The second kappa shape index (κ2) is 9.22. The Kier molecular flexibility index (Phi) is 6.21. The number of nitrogens with one attached hydrogen (secondary N) is 1. The lowest BCUT2D eigenvalue weighted by Gasteiger charge is -2.31. The number of amides is 2. The first-order valence-electron chi connectivity index (χ1n) is 10.9. The van der Waals surface area contributed by atoms with Gasteiger partial charge in [-0.2, -0.15) is 0 Å². The average Bonchev–Trinajstić information content (AvgIpc) is 2.80. The number of anilines is 2. The Bertz CT molecular complexity index is 1130. The van der Waals surface area contributed by atoms with Crippen molar-refractivity contribution in [2.45, 2.75) is 39.9 Å². The van der Waals surface area contributed by atoms with Crippen molar-refractivity contribution in [1.82, 2.24) is 9.88 Å². The molecule has 0 unspecified atom stereocenters. The van der Waals surface area contributed by atoms with Crippen LogP contribution < -0.4 is 10.2 Å². The summed E-state index contributed by atoms with van der Waals surface area (Å²) in [5.41, 5.74) is 4.39. The number of aryl methyl sites for hydroxylation is 1. The summed E-state index contributed by atoms with van der Waals surface area (Å²) in [6, 6.07) is 19.7. The molecule has 6 nitrogen and oxygen atoms in total. The quantitative estimate of drug-likeness (QED) is 0.632. The summed E-state index contributed by atoms with van der Waals surface area (Å²) < 4.78 is 0. The molecule has 1 aliphatic heterocycles. The van der Waals surface area contributed by atoms with E-state index in [0.29, 0.717) is 30.2 Å². The van der Waals surface area contributed by atoms with Crippen LogP contribution in [0.4, 0.5) is 11.5 Å². The maximum atomic E-state index is 13.5. The highest BCUT2D eigenvalue weighted by Crippen LogP contribution is 2.30. The zero-order valence-electron chi connectivity index (χ0n) is 18.7. The van der Waals surface area contributed by atoms with E-state index < -0.39 is 0 Å². The lowest BCUT2D eigenvalue weighted by Crippen LogP contribution is -2.40. The third-order valence-corrected chi connectivity index (χ3v) is 5.78. The summed E-state index contributed by atoms with van der Waals surface area (Å²) in [4.78, 5) is 34.2. The molecule has 0 saturated heterocycles. The molecule has 6 heteroatoms. The molecule has 2 aromatic carbocycles. The predicted molar refractivity (Wildman–Crippen MR) is 127 cm³/mol. The van der Waals surface area contributed by atoms with Crippen molar-refractivity contribution in [2.75, 3.05) is 16.8 Å². The summed E-state index contributed by atoms with van der Waals surface area (Å²) in [7, 11) is 0.